The Morgan fingerprint density at radius 1 is 0.750 bits per heavy atom. The SMILES string of the molecule is CCCCCCCCCCCCCCCCCCCC(=O)OCCC(C)CCCC(C)(C)c1ccc(O)cc1O. The predicted octanol–water partition coefficient (Wildman–Crippen LogP) is 11.2. The minimum Gasteiger partial charge on any atom is -0.508 e. The number of ether oxygens (including phenoxy) is 1. The average Bonchev–Trinajstić information content (AvgIpc) is 2.90. The normalized spacial score (nSPS) is 12.5. The second kappa shape index (κ2) is 22.9. The third-order valence-electron chi connectivity index (χ3n) is 8.57. The Hall–Kier alpha value is -1.71. The number of benzene rings is 1. The second-order valence-corrected chi connectivity index (χ2v) is 13.0. The summed E-state index contributed by atoms with van der Waals surface area (Å²) < 4.78 is 5.49. The van der Waals surface area contributed by atoms with Gasteiger partial charge in [-0.05, 0) is 42.2 Å². The van der Waals surface area contributed by atoms with E-state index in [9.17, 15) is 15.0 Å². The molecule has 0 aliphatic rings. The van der Waals surface area contributed by atoms with E-state index in [0.29, 0.717) is 18.9 Å². The van der Waals surface area contributed by atoms with Crippen LogP contribution in [0.5, 0.6) is 11.5 Å². The highest BCUT2D eigenvalue weighted by Crippen LogP contribution is 2.37. The zero-order valence-corrected chi connectivity index (χ0v) is 26.8. The van der Waals surface area contributed by atoms with Crippen molar-refractivity contribution in [2.75, 3.05) is 6.61 Å². The van der Waals surface area contributed by atoms with E-state index in [4.69, 9.17) is 4.74 Å². The van der Waals surface area contributed by atoms with Gasteiger partial charge in [0.05, 0.1) is 6.61 Å². The average molecular weight is 561 g/mol. The van der Waals surface area contributed by atoms with Gasteiger partial charge >= 0.3 is 5.97 Å². The van der Waals surface area contributed by atoms with Crippen molar-refractivity contribution in [1.82, 2.24) is 0 Å². The Morgan fingerprint density at radius 2 is 1.25 bits per heavy atom. The molecule has 0 saturated carbocycles. The van der Waals surface area contributed by atoms with Crippen LogP contribution in [0.25, 0.3) is 0 Å². The lowest BCUT2D eigenvalue weighted by Gasteiger charge is -2.27. The molecule has 0 aliphatic carbocycles. The lowest BCUT2D eigenvalue weighted by Crippen LogP contribution is -2.17. The number of esters is 1. The van der Waals surface area contributed by atoms with Gasteiger partial charge in [0.25, 0.3) is 0 Å². The summed E-state index contributed by atoms with van der Waals surface area (Å²) >= 11 is 0. The first-order valence-corrected chi connectivity index (χ1v) is 16.9. The van der Waals surface area contributed by atoms with Crippen LogP contribution in [0.2, 0.25) is 0 Å². The fourth-order valence-electron chi connectivity index (χ4n) is 5.70. The maximum absolute atomic E-state index is 12.1. The molecule has 1 unspecified atom stereocenters. The molecule has 2 N–H and O–H groups in total. The summed E-state index contributed by atoms with van der Waals surface area (Å²) in [6, 6.07) is 4.86. The summed E-state index contributed by atoms with van der Waals surface area (Å²) in [5.41, 5.74) is 0.715. The first kappa shape index (κ1) is 36.3. The van der Waals surface area contributed by atoms with Crippen LogP contribution in [-0.2, 0) is 14.9 Å². The van der Waals surface area contributed by atoms with E-state index < -0.39 is 0 Å². The Balaban J connectivity index is 1.91. The van der Waals surface area contributed by atoms with Gasteiger partial charge in [-0.3, -0.25) is 4.79 Å². The number of carbonyl (C=O) groups is 1. The molecule has 1 aromatic carbocycles. The zero-order chi connectivity index (χ0) is 29.5. The number of rotatable bonds is 26. The van der Waals surface area contributed by atoms with Gasteiger partial charge < -0.3 is 14.9 Å². The summed E-state index contributed by atoms with van der Waals surface area (Å²) in [5.74, 6) is 0.698. The Bertz CT molecular complexity index is 757. The molecule has 1 atom stereocenters. The van der Waals surface area contributed by atoms with Crippen LogP contribution >= 0.6 is 0 Å². The molecule has 1 rings (SSSR count). The van der Waals surface area contributed by atoms with Gasteiger partial charge in [-0.2, -0.15) is 0 Å². The molecule has 4 heteroatoms. The van der Waals surface area contributed by atoms with Crippen molar-refractivity contribution in [3.05, 3.63) is 23.8 Å². The van der Waals surface area contributed by atoms with Crippen molar-refractivity contribution >= 4 is 5.97 Å². The number of hydrogen-bond donors (Lipinski definition) is 2. The molecule has 0 spiro atoms. The minimum absolute atomic E-state index is 0.0444. The molecule has 0 radical (unpaired) electrons. The molecular weight excluding hydrogens is 496 g/mol. The third kappa shape index (κ3) is 18.6. The second-order valence-electron chi connectivity index (χ2n) is 13.0. The molecule has 4 nitrogen and oxygen atoms in total. The van der Waals surface area contributed by atoms with Crippen molar-refractivity contribution in [2.45, 2.75) is 174 Å². The highest BCUT2D eigenvalue weighted by Gasteiger charge is 2.24. The molecule has 0 heterocycles. The maximum Gasteiger partial charge on any atom is 0.305 e. The van der Waals surface area contributed by atoms with E-state index in [2.05, 4.69) is 27.7 Å². The van der Waals surface area contributed by atoms with Crippen molar-refractivity contribution in [1.29, 1.82) is 0 Å². The van der Waals surface area contributed by atoms with Gasteiger partial charge in [0.1, 0.15) is 11.5 Å². The highest BCUT2D eigenvalue weighted by molar-refractivity contribution is 5.69. The summed E-state index contributed by atoms with van der Waals surface area (Å²) in [6.45, 7) is 9.27. The van der Waals surface area contributed by atoms with Gasteiger partial charge in [0.2, 0.25) is 0 Å². The van der Waals surface area contributed by atoms with Crippen molar-refractivity contribution in [3.8, 4) is 11.5 Å². The van der Waals surface area contributed by atoms with Gasteiger partial charge in [-0.15, -0.1) is 0 Å². The van der Waals surface area contributed by atoms with E-state index in [1.165, 1.54) is 102 Å². The molecular formula is C36H64O4. The molecule has 0 saturated heterocycles. The van der Waals surface area contributed by atoms with E-state index in [-0.39, 0.29) is 22.9 Å². The standard InChI is InChI=1S/C36H64O4/c1-5-6-7-8-9-10-11-12-13-14-15-16-17-18-19-20-21-24-35(39)40-29-27-31(2)23-22-28-36(3,4)33-26-25-32(37)30-34(33)38/h25-26,30-31,37-38H,5-24,27-29H2,1-4H3. The molecule has 0 amide bonds. The summed E-state index contributed by atoms with van der Waals surface area (Å²) in [5, 5.41) is 19.7. The Kier molecular flexibility index (Phi) is 20.8. The topological polar surface area (TPSA) is 66.8 Å². The number of aromatic hydroxyl groups is 2. The Labute approximate surface area is 247 Å². The van der Waals surface area contributed by atoms with E-state index >= 15 is 0 Å². The monoisotopic (exact) mass is 560 g/mol. The number of carbonyl (C=O) groups excluding carboxylic acids is 1. The number of unbranched alkanes of at least 4 members (excludes halogenated alkanes) is 16. The molecule has 40 heavy (non-hydrogen) atoms. The quantitative estimate of drug-likeness (QED) is 0.0873. The summed E-state index contributed by atoms with van der Waals surface area (Å²) in [6.07, 6.45) is 27.4. The van der Waals surface area contributed by atoms with Crippen LogP contribution in [-0.4, -0.2) is 22.8 Å². The van der Waals surface area contributed by atoms with Crippen LogP contribution in [0.1, 0.15) is 175 Å². The minimum atomic E-state index is -0.156. The van der Waals surface area contributed by atoms with Crippen LogP contribution in [0.15, 0.2) is 18.2 Å². The molecule has 0 aliphatic heterocycles. The van der Waals surface area contributed by atoms with Crippen LogP contribution in [0.4, 0.5) is 0 Å². The molecule has 0 bridgehead atoms. The van der Waals surface area contributed by atoms with Gasteiger partial charge in [-0.1, -0.05) is 149 Å². The first-order chi connectivity index (χ1) is 19.3. The van der Waals surface area contributed by atoms with Crippen LogP contribution < -0.4 is 0 Å². The van der Waals surface area contributed by atoms with Crippen molar-refractivity contribution in [3.63, 3.8) is 0 Å². The van der Waals surface area contributed by atoms with Crippen molar-refractivity contribution < 1.29 is 19.7 Å². The molecule has 1 aromatic rings. The molecule has 0 aromatic heterocycles. The fourth-order valence-corrected chi connectivity index (χ4v) is 5.70. The molecule has 0 fully saturated rings. The van der Waals surface area contributed by atoms with E-state index in [1.807, 2.05) is 6.07 Å². The lowest BCUT2D eigenvalue weighted by atomic mass is 9.79. The summed E-state index contributed by atoms with van der Waals surface area (Å²) in [4.78, 5) is 12.1. The van der Waals surface area contributed by atoms with Gasteiger partial charge in [0.15, 0.2) is 0 Å². The number of phenolic OH excluding ortho intramolecular Hbond substituents is 2. The smallest absolute Gasteiger partial charge is 0.305 e. The first-order valence-electron chi connectivity index (χ1n) is 16.9. The van der Waals surface area contributed by atoms with Crippen molar-refractivity contribution in [2.24, 2.45) is 5.92 Å². The maximum atomic E-state index is 12.1. The van der Waals surface area contributed by atoms with E-state index in [1.54, 1.807) is 6.07 Å². The number of hydrogen-bond acceptors (Lipinski definition) is 4. The predicted molar refractivity (Wildman–Crippen MR) is 170 cm³/mol. The number of phenols is 2. The van der Waals surface area contributed by atoms with Gasteiger partial charge in [0, 0.05) is 12.5 Å². The van der Waals surface area contributed by atoms with E-state index in [0.717, 1.165) is 44.1 Å². The molecule has 232 valence electrons. The largest absolute Gasteiger partial charge is 0.508 e. The van der Waals surface area contributed by atoms with Crippen LogP contribution in [0, 0.1) is 5.92 Å². The lowest BCUT2D eigenvalue weighted by molar-refractivity contribution is -0.144. The zero-order valence-electron chi connectivity index (χ0n) is 26.8. The Morgan fingerprint density at radius 3 is 1.75 bits per heavy atom. The highest BCUT2D eigenvalue weighted by atomic mass is 16.5. The van der Waals surface area contributed by atoms with Gasteiger partial charge in [-0.25, -0.2) is 0 Å². The summed E-state index contributed by atoms with van der Waals surface area (Å²) in [7, 11) is 0. The fraction of sp³-hybridized carbons (Fsp3) is 0.806. The van der Waals surface area contributed by atoms with Crippen LogP contribution in [0.3, 0.4) is 0 Å². The third-order valence-corrected chi connectivity index (χ3v) is 8.57.